The maximum Gasteiger partial charge on any atom is 0.277 e. The van der Waals surface area contributed by atoms with E-state index in [0.29, 0.717) is 17.7 Å². The van der Waals surface area contributed by atoms with Gasteiger partial charge in [-0.05, 0) is 18.6 Å². The fourth-order valence-electron chi connectivity index (χ4n) is 3.52. The number of aromatic nitrogens is 5. The summed E-state index contributed by atoms with van der Waals surface area (Å²) in [6, 6.07) is 8.24. The number of likely N-dealkylation sites (N-methyl/N-ethyl adjacent to an activating group) is 1. The molecule has 0 amide bonds. The van der Waals surface area contributed by atoms with E-state index < -0.39 is 0 Å². The van der Waals surface area contributed by atoms with Crippen molar-refractivity contribution in [3.63, 3.8) is 0 Å². The van der Waals surface area contributed by atoms with Gasteiger partial charge in [-0.25, -0.2) is 9.67 Å². The third-order valence-electron chi connectivity index (χ3n) is 5.11. The van der Waals surface area contributed by atoms with E-state index in [4.69, 9.17) is 4.42 Å². The molecular weight excluding hydrogens is 388 g/mol. The first-order valence-corrected chi connectivity index (χ1v) is 10.1. The molecule has 0 fully saturated rings. The number of fused-ring (bicyclic) bond motifs is 1. The van der Waals surface area contributed by atoms with Gasteiger partial charge < -0.3 is 9.32 Å². The fourth-order valence-corrected chi connectivity index (χ4v) is 4.24. The molecule has 0 radical (unpaired) electrons. The molecule has 2 aromatic heterocycles. The molecule has 0 bridgehead atoms. The van der Waals surface area contributed by atoms with Crippen LogP contribution in [0, 0.1) is 0 Å². The Morgan fingerprint density at radius 3 is 2.83 bits per heavy atom. The Bertz CT molecular complexity index is 1060. The molecule has 4 rings (SSSR count). The Morgan fingerprint density at radius 2 is 2.10 bits per heavy atom. The maximum atomic E-state index is 12.9. The molecular formula is C20H22N6O2S. The molecule has 0 saturated heterocycles. The van der Waals surface area contributed by atoms with Crippen molar-refractivity contribution in [3.8, 4) is 0 Å². The van der Waals surface area contributed by atoms with E-state index in [9.17, 15) is 4.79 Å². The zero-order chi connectivity index (χ0) is 20.6. The normalized spacial score (nSPS) is 17.5. The number of carbonyl (C=O) groups is 1. The van der Waals surface area contributed by atoms with Gasteiger partial charge in [0, 0.05) is 29.9 Å². The van der Waals surface area contributed by atoms with Gasteiger partial charge in [0.1, 0.15) is 19.2 Å². The summed E-state index contributed by atoms with van der Waals surface area (Å²) in [4.78, 5) is 18.9. The van der Waals surface area contributed by atoms with Crippen LogP contribution >= 0.6 is 11.8 Å². The zero-order valence-corrected chi connectivity index (χ0v) is 17.6. The van der Waals surface area contributed by atoms with Gasteiger partial charge in [0.25, 0.3) is 5.22 Å². The highest BCUT2D eigenvalue weighted by Crippen LogP contribution is 2.46. The first kappa shape index (κ1) is 19.4. The zero-order valence-electron chi connectivity index (χ0n) is 16.7. The van der Waals surface area contributed by atoms with Crippen LogP contribution in [0.5, 0.6) is 0 Å². The Balaban J connectivity index is 1.47. The van der Waals surface area contributed by atoms with Crippen LogP contribution < -0.4 is 4.90 Å². The highest BCUT2D eigenvalue weighted by Gasteiger charge is 2.38. The number of allylic oxidation sites excluding steroid dienone is 2. The smallest absolute Gasteiger partial charge is 0.277 e. The quantitative estimate of drug-likeness (QED) is 0.452. The van der Waals surface area contributed by atoms with Gasteiger partial charge in [0.15, 0.2) is 5.78 Å². The SMILES string of the molecule is CC(Sc1nnc(Cn2cncn2)o1)C(=O)/C=C1/N(C)c2ccccc2C1(C)C. The Kier molecular flexibility index (Phi) is 4.99. The second-order valence-electron chi connectivity index (χ2n) is 7.45. The number of rotatable bonds is 6. The average molecular weight is 411 g/mol. The van der Waals surface area contributed by atoms with Gasteiger partial charge in [-0.3, -0.25) is 4.79 Å². The van der Waals surface area contributed by atoms with Crippen LogP contribution in [0.4, 0.5) is 5.69 Å². The highest BCUT2D eigenvalue weighted by molar-refractivity contribution is 8.00. The van der Waals surface area contributed by atoms with Crippen LogP contribution in [0.1, 0.15) is 32.2 Å². The van der Waals surface area contributed by atoms with Crippen molar-refractivity contribution in [2.75, 3.05) is 11.9 Å². The topological polar surface area (TPSA) is 89.9 Å². The van der Waals surface area contributed by atoms with Crippen molar-refractivity contribution in [2.45, 2.75) is 43.2 Å². The molecule has 1 atom stereocenters. The number of carbonyl (C=O) groups excluding carboxylic acids is 1. The fraction of sp³-hybridized carbons (Fsp3) is 0.350. The number of hydrogen-bond acceptors (Lipinski definition) is 8. The van der Waals surface area contributed by atoms with Crippen molar-refractivity contribution < 1.29 is 9.21 Å². The summed E-state index contributed by atoms with van der Waals surface area (Å²) in [5.41, 5.74) is 3.09. The van der Waals surface area contributed by atoms with Gasteiger partial charge in [0.2, 0.25) is 5.89 Å². The van der Waals surface area contributed by atoms with Crippen LogP contribution in [-0.2, 0) is 16.8 Å². The minimum absolute atomic E-state index is 0.00811. The molecule has 3 heterocycles. The molecule has 0 saturated carbocycles. The predicted octanol–water partition coefficient (Wildman–Crippen LogP) is 3.07. The van der Waals surface area contributed by atoms with E-state index in [0.717, 1.165) is 11.4 Å². The number of benzene rings is 1. The van der Waals surface area contributed by atoms with Gasteiger partial charge >= 0.3 is 0 Å². The van der Waals surface area contributed by atoms with Crippen molar-refractivity contribution in [1.29, 1.82) is 0 Å². The van der Waals surface area contributed by atoms with Crippen molar-refractivity contribution in [1.82, 2.24) is 25.0 Å². The standard InChI is InChI=1S/C20H22N6O2S/c1-13(29-19-24-23-18(28-19)10-26-12-21-11-22-26)16(27)9-17-20(2,3)14-7-5-6-8-15(14)25(17)4/h5-9,11-13H,10H2,1-4H3/b17-9+. The number of nitrogens with zero attached hydrogens (tertiary/aromatic N) is 6. The minimum Gasteiger partial charge on any atom is -0.414 e. The van der Waals surface area contributed by atoms with Crippen LogP contribution in [0.25, 0.3) is 0 Å². The van der Waals surface area contributed by atoms with Crippen LogP contribution in [0.2, 0.25) is 0 Å². The third-order valence-corrected chi connectivity index (χ3v) is 6.06. The Labute approximate surface area is 173 Å². The first-order chi connectivity index (χ1) is 13.9. The minimum atomic E-state index is -0.352. The van der Waals surface area contributed by atoms with Gasteiger partial charge in [-0.15, -0.1) is 10.2 Å². The van der Waals surface area contributed by atoms with E-state index in [2.05, 4.69) is 51.2 Å². The molecule has 29 heavy (non-hydrogen) atoms. The highest BCUT2D eigenvalue weighted by atomic mass is 32.2. The third kappa shape index (κ3) is 3.69. The van der Waals surface area contributed by atoms with Gasteiger partial charge in [0.05, 0.1) is 5.25 Å². The molecule has 1 aliphatic rings. The lowest BCUT2D eigenvalue weighted by Crippen LogP contribution is -2.25. The molecule has 9 heteroatoms. The Morgan fingerprint density at radius 1 is 1.31 bits per heavy atom. The molecule has 3 aromatic rings. The average Bonchev–Trinajstić information content (AvgIpc) is 3.40. The number of ketones is 1. The molecule has 0 spiro atoms. The predicted molar refractivity (Wildman–Crippen MR) is 110 cm³/mol. The van der Waals surface area contributed by atoms with E-state index >= 15 is 0 Å². The lowest BCUT2D eigenvalue weighted by Gasteiger charge is -2.24. The second-order valence-corrected chi connectivity index (χ2v) is 8.74. The number of hydrogen-bond donors (Lipinski definition) is 0. The van der Waals surface area contributed by atoms with Crippen molar-refractivity contribution in [2.24, 2.45) is 0 Å². The summed E-state index contributed by atoms with van der Waals surface area (Å²) in [6.07, 6.45) is 4.76. The number of anilines is 1. The number of thioether (sulfide) groups is 1. The lowest BCUT2D eigenvalue weighted by atomic mass is 9.83. The van der Waals surface area contributed by atoms with Crippen LogP contribution in [-0.4, -0.2) is 43.0 Å². The van der Waals surface area contributed by atoms with E-state index in [-0.39, 0.29) is 16.4 Å². The summed E-state index contributed by atoms with van der Waals surface area (Å²) in [5.74, 6) is 0.428. The molecule has 1 unspecified atom stereocenters. The van der Waals surface area contributed by atoms with Crippen LogP contribution in [0.15, 0.2) is 58.3 Å². The molecule has 1 aliphatic heterocycles. The molecule has 0 N–H and O–H groups in total. The van der Waals surface area contributed by atoms with Gasteiger partial charge in [-0.1, -0.05) is 43.8 Å². The summed E-state index contributed by atoms with van der Waals surface area (Å²) < 4.78 is 7.22. The first-order valence-electron chi connectivity index (χ1n) is 9.27. The van der Waals surface area contributed by atoms with Crippen molar-refractivity contribution >= 4 is 23.2 Å². The lowest BCUT2D eigenvalue weighted by molar-refractivity contribution is -0.114. The van der Waals surface area contributed by atoms with Crippen molar-refractivity contribution in [3.05, 3.63) is 60.1 Å². The molecule has 8 nitrogen and oxygen atoms in total. The summed E-state index contributed by atoms with van der Waals surface area (Å²) in [5, 5.41) is 12.1. The summed E-state index contributed by atoms with van der Waals surface area (Å²) in [6.45, 7) is 6.47. The molecule has 1 aromatic carbocycles. The van der Waals surface area contributed by atoms with E-state index in [1.54, 1.807) is 17.1 Å². The van der Waals surface area contributed by atoms with Gasteiger partial charge in [-0.2, -0.15) is 5.10 Å². The van der Waals surface area contributed by atoms with Crippen LogP contribution in [0.3, 0.4) is 0 Å². The largest absolute Gasteiger partial charge is 0.414 e. The van der Waals surface area contributed by atoms with E-state index in [1.807, 2.05) is 26.1 Å². The maximum absolute atomic E-state index is 12.9. The summed E-state index contributed by atoms with van der Waals surface area (Å²) in [7, 11) is 2.00. The molecule has 150 valence electrons. The molecule has 0 aliphatic carbocycles. The monoisotopic (exact) mass is 410 g/mol. The number of para-hydroxylation sites is 1. The summed E-state index contributed by atoms with van der Waals surface area (Å²) >= 11 is 1.26. The second kappa shape index (κ2) is 7.47. The van der Waals surface area contributed by atoms with E-state index in [1.165, 1.54) is 23.7 Å². The Hall–Kier alpha value is -2.94.